The van der Waals surface area contributed by atoms with Crippen molar-refractivity contribution in [2.24, 2.45) is 0 Å². The molecule has 4 heteroatoms. The molecule has 0 aliphatic carbocycles. The van der Waals surface area contributed by atoms with Crippen molar-refractivity contribution in [1.82, 2.24) is 0 Å². The molecule has 4 rings (SSSR count). The van der Waals surface area contributed by atoms with Crippen LogP contribution in [0.1, 0.15) is 0 Å². The Morgan fingerprint density at radius 2 is 0.821 bits per heavy atom. The van der Waals surface area contributed by atoms with Crippen LogP contribution in [0.2, 0.25) is 0 Å². The maximum Gasteiger partial charge on any atom is 0.137 e. The van der Waals surface area contributed by atoms with Crippen molar-refractivity contribution in [3.63, 3.8) is 0 Å². The van der Waals surface area contributed by atoms with Crippen molar-refractivity contribution in [3.8, 4) is 44.9 Å². The molecule has 0 bridgehead atoms. The van der Waals surface area contributed by atoms with Gasteiger partial charge in [0.15, 0.2) is 0 Å². The number of phenols is 2. The molecule has 0 radical (unpaired) electrons. The molecule has 0 aromatic heterocycles. The highest BCUT2D eigenvalue weighted by Crippen LogP contribution is 2.43. The van der Waals surface area contributed by atoms with Crippen molar-refractivity contribution >= 4 is 31.9 Å². The second kappa shape index (κ2) is 7.82. The first-order valence-corrected chi connectivity index (χ1v) is 10.3. The zero-order valence-corrected chi connectivity index (χ0v) is 17.9. The Hall–Kier alpha value is -2.56. The van der Waals surface area contributed by atoms with Gasteiger partial charge in [0, 0.05) is 11.1 Å². The summed E-state index contributed by atoms with van der Waals surface area (Å²) >= 11 is 6.95. The molecule has 0 aliphatic rings. The van der Waals surface area contributed by atoms with Gasteiger partial charge in [0.05, 0.1) is 8.95 Å². The quantitative estimate of drug-likeness (QED) is 0.306. The molecule has 28 heavy (non-hydrogen) atoms. The first kappa shape index (κ1) is 18.8. The summed E-state index contributed by atoms with van der Waals surface area (Å²) < 4.78 is 1.24. The van der Waals surface area contributed by atoms with E-state index in [1.54, 1.807) is 0 Å². The van der Waals surface area contributed by atoms with Crippen molar-refractivity contribution in [3.05, 3.63) is 93.9 Å². The molecule has 0 amide bonds. The predicted molar refractivity (Wildman–Crippen MR) is 121 cm³/mol. The lowest BCUT2D eigenvalue weighted by Gasteiger charge is -2.14. The summed E-state index contributed by atoms with van der Waals surface area (Å²) in [6.07, 6.45) is 0. The van der Waals surface area contributed by atoms with E-state index in [-0.39, 0.29) is 11.5 Å². The minimum atomic E-state index is 0.205. The fourth-order valence-corrected chi connectivity index (χ4v) is 4.13. The molecule has 0 atom stereocenters. The molecule has 2 nitrogen and oxygen atoms in total. The van der Waals surface area contributed by atoms with Gasteiger partial charge in [0.1, 0.15) is 11.5 Å². The highest BCUT2D eigenvalue weighted by Gasteiger charge is 2.15. The second-order valence-corrected chi connectivity index (χ2v) is 8.15. The second-order valence-electron chi connectivity index (χ2n) is 6.44. The maximum absolute atomic E-state index is 10.6. The van der Waals surface area contributed by atoms with E-state index in [4.69, 9.17) is 0 Å². The monoisotopic (exact) mass is 494 g/mol. The predicted octanol–water partition coefficient (Wildman–Crippen LogP) is 7.62. The third-order valence-electron chi connectivity index (χ3n) is 4.63. The van der Waals surface area contributed by atoms with E-state index in [1.807, 2.05) is 84.9 Å². The van der Waals surface area contributed by atoms with Crippen LogP contribution in [0.5, 0.6) is 11.5 Å². The highest BCUT2D eigenvalue weighted by atomic mass is 79.9. The van der Waals surface area contributed by atoms with E-state index in [2.05, 4.69) is 31.9 Å². The zero-order valence-electron chi connectivity index (χ0n) is 14.7. The molecule has 4 aromatic carbocycles. The maximum atomic E-state index is 10.6. The van der Waals surface area contributed by atoms with Gasteiger partial charge >= 0.3 is 0 Å². The van der Waals surface area contributed by atoms with Crippen molar-refractivity contribution in [2.75, 3.05) is 0 Å². The molecular weight excluding hydrogens is 480 g/mol. The van der Waals surface area contributed by atoms with Crippen molar-refractivity contribution < 1.29 is 10.2 Å². The number of rotatable bonds is 3. The van der Waals surface area contributed by atoms with Gasteiger partial charge in [-0.3, -0.25) is 0 Å². The van der Waals surface area contributed by atoms with Gasteiger partial charge in [-0.25, -0.2) is 0 Å². The Morgan fingerprint density at radius 1 is 0.464 bits per heavy atom. The van der Waals surface area contributed by atoms with Crippen LogP contribution in [0.3, 0.4) is 0 Å². The van der Waals surface area contributed by atoms with E-state index < -0.39 is 0 Å². The molecule has 0 saturated carbocycles. The van der Waals surface area contributed by atoms with E-state index in [0.29, 0.717) is 8.95 Å². The van der Waals surface area contributed by atoms with Crippen LogP contribution in [0.4, 0.5) is 0 Å². The summed E-state index contributed by atoms with van der Waals surface area (Å²) in [6.45, 7) is 0. The van der Waals surface area contributed by atoms with Gasteiger partial charge in [-0.15, -0.1) is 0 Å². The lowest BCUT2D eigenvalue weighted by Crippen LogP contribution is -1.87. The third-order valence-corrected chi connectivity index (χ3v) is 5.84. The average molecular weight is 496 g/mol. The summed E-state index contributed by atoms with van der Waals surface area (Å²) in [7, 11) is 0. The van der Waals surface area contributed by atoms with Crippen LogP contribution >= 0.6 is 31.9 Å². The van der Waals surface area contributed by atoms with Gasteiger partial charge in [0.2, 0.25) is 0 Å². The number of aromatic hydroxyl groups is 2. The molecule has 2 N–H and O–H groups in total. The van der Waals surface area contributed by atoms with Crippen LogP contribution < -0.4 is 0 Å². The van der Waals surface area contributed by atoms with Crippen LogP contribution in [0.15, 0.2) is 93.9 Å². The summed E-state index contributed by atoms with van der Waals surface area (Å²) in [5.74, 6) is 0.409. The van der Waals surface area contributed by atoms with Crippen molar-refractivity contribution in [2.45, 2.75) is 0 Å². The van der Waals surface area contributed by atoms with Crippen LogP contribution in [0, 0.1) is 0 Å². The van der Waals surface area contributed by atoms with Gasteiger partial charge in [-0.2, -0.15) is 0 Å². The fraction of sp³-hybridized carbons (Fsp3) is 0. The van der Waals surface area contributed by atoms with Crippen LogP contribution in [-0.2, 0) is 0 Å². The lowest BCUT2D eigenvalue weighted by atomic mass is 9.95. The lowest BCUT2D eigenvalue weighted by molar-refractivity contribution is 0.473. The molecule has 0 saturated heterocycles. The molecule has 138 valence electrons. The van der Waals surface area contributed by atoms with E-state index in [0.717, 1.165) is 33.4 Å². The molecule has 0 unspecified atom stereocenters. The first-order valence-electron chi connectivity index (χ1n) is 8.71. The number of benzene rings is 4. The van der Waals surface area contributed by atoms with Gasteiger partial charge in [-0.05, 0) is 78.4 Å². The Labute approximate surface area is 180 Å². The summed E-state index contributed by atoms with van der Waals surface area (Å²) in [4.78, 5) is 0. The minimum absolute atomic E-state index is 0.205. The number of hydrogen-bond acceptors (Lipinski definition) is 2. The topological polar surface area (TPSA) is 40.5 Å². The minimum Gasteiger partial charge on any atom is -0.506 e. The third kappa shape index (κ3) is 3.58. The SMILES string of the molecule is Oc1c(Br)cc(-c2cc(Br)c(O)c(-c3ccccc3)c2)cc1-c1ccccc1. The number of phenolic OH excluding ortho intramolecular Hbond substituents is 2. The largest absolute Gasteiger partial charge is 0.506 e. The van der Waals surface area contributed by atoms with Gasteiger partial charge in [-0.1, -0.05) is 60.7 Å². The van der Waals surface area contributed by atoms with Crippen LogP contribution in [-0.4, -0.2) is 10.2 Å². The number of hydrogen-bond donors (Lipinski definition) is 2. The standard InChI is InChI=1S/C24H16Br2O2/c25-21-13-17(11-19(23(21)27)15-7-3-1-4-8-15)18-12-20(24(28)22(26)14-18)16-9-5-2-6-10-16/h1-14,27-28H. The Balaban J connectivity index is 1.91. The first-order chi connectivity index (χ1) is 13.5. The average Bonchev–Trinajstić information content (AvgIpc) is 2.73. The molecule has 4 aromatic rings. The molecule has 0 aliphatic heterocycles. The van der Waals surface area contributed by atoms with E-state index >= 15 is 0 Å². The van der Waals surface area contributed by atoms with Gasteiger partial charge < -0.3 is 10.2 Å². The Kier molecular flexibility index (Phi) is 5.25. The molecule has 0 heterocycles. The highest BCUT2D eigenvalue weighted by molar-refractivity contribution is 9.11. The molecular formula is C24H16Br2O2. The van der Waals surface area contributed by atoms with Crippen LogP contribution in [0.25, 0.3) is 33.4 Å². The van der Waals surface area contributed by atoms with Crippen molar-refractivity contribution in [1.29, 1.82) is 0 Å². The summed E-state index contributed by atoms with van der Waals surface area (Å²) in [6, 6.07) is 27.2. The Bertz CT molecular complexity index is 1050. The molecule has 0 spiro atoms. The zero-order chi connectivity index (χ0) is 19.7. The van der Waals surface area contributed by atoms with Gasteiger partial charge in [0.25, 0.3) is 0 Å². The van der Waals surface area contributed by atoms with E-state index in [9.17, 15) is 10.2 Å². The Morgan fingerprint density at radius 3 is 1.18 bits per heavy atom. The summed E-state index contributed by atoms with van der Waals surface area (Å²) in [5, 5.41) is 21.1. The number of halogens is 2. The normalized spacial score (nSPS) is 10.8. The summed E-state index contributed by atoms with van der Waals surface area (Å²) in [5.41, 5.74) is 5.22. The van der Waals surface area contributed by atoms with E-state index in [1.165, 1.54) is 0 Å². The smallest absolute Gasteiger partial charge is 0.137 e. The fourth-order valence-electron chi connectivity index (χ4n) is 3.21. The molecule has 0 fully saturated rings.